The maximum atomic E-state index is 12.9. The Morgan fingerprint density at radius 2 is 0.434 bits per heavy atom. The van der Waals surface area contributed by atoms with Crippen LogP contribution in [0.15, 0.2) is 36.5 Å². The molecule has 0 spiro atoms. The maximum absolute atomic E-state index is 12.9. The second kappa shape index (κ2) is 72.1. The third kappa shape index (κ3) is 70.3. The Labute approximate surface area is 518 Å². The molecule has 0 aliphatic rings. The summed E-state index contributed by atoms with van der Waals surface area (Å²) in [5.74, 6) is -0.839. The van der Waals surface area contributed by atoms with Crippen LogP contribution in [0.25, 0.3) is 0 Å². The van der Waals surface area contributed by atoms with Gasteiger partial charge in [-0.15, -0.1) is 0 Å². The Bertz CT molecular complexity index is 1380. The molecule has 0 aliphatic heterocycles. The molecule has 0 aromatic carbocycles. The molecule has 0 aromatic rings. The lowest BCUT2D eigenvalue weighted by Crippen LogP contribution is -2.30. The molecule has 0 heterocycles. The number of carbonyl (C=O) groups excluding carboxylic acids is 3. The van der Waals surface area contributed by atoms with E-state index in [0.29, 0.717) is 19.3 Å². The highest BCUT2D eigenvalue weighted by molar-refractivity contribution is 5.71. The van der Waals surface area contributed by atoms with Crippen molar-refractivity contribution in [3.63, 3.8) is 0 Å². The van der Waals surface area contributed by atoms with Gasteiger partial charge in [-0.3, -0.25) is 14.4 Å². The van der Waals surface area contributed by atoms with Crippen LogP contribution in [0.2, 0.25) is 0 Å². The molecule has 6 heteroatoms. The molecule has 0 radical (unpaired) electrons. The van der Waals surface area contributed by atoms with Crippen molar-refractivity contribution in [2.24, 2.45) is 0 Å². The molecule has 6 nitrogen and oxygen atoms in total. The lowest BCUT2D eigenvalue weighted by atomic mass is 10.0. The van der Waals surface area contributed by atoms with Crippen LogP contribution in [0.1, 0.15) is 419 Å². The molecule has 488 valence electrons. The molecule has 0 rings (SSSR count). The van der Waals surface area contributed by atoms with Crippen molar-refractivity contribution in [3.8, 4) is 0 Å². The normalized spacial score (nSPS) is 12.2. The number of allylic oxidation sites excluding steroid dienone is 6. The first-order chi connectivity index (χ1) is 41.0. The number of unbranched alkanes of at least 4 members (excludes halogenated alkanes) is 53. The summed E-state index contributed by atoms with van der Waals surface area (Å²) >= 11 is 0. The minimum absolute atomic E-state index is 0.0655. The summed E-state index contributed by atoms with van der Waals surface area (Å²) in [6, 6.07) is 0. The standard InChI is InChI=1S/C77H144O6/c1-4-7-10-13-16-19-21-23-25-27-29-31-33-35-37-38-39-40-41-43-44-46-48-50-52-54-56-58-61-64-67-70-76(79)82-73-74(72-81-75(78)69-66-63-60-18-15-12-9-6-3)83-77(80)71-68-65-62-59-57-55-53-51-49-47-45-42-36-34-32-30-28-26-24-22-20-17-14-11-8-5-2/h21,23,27,29,33,35,74H,4-20,22,24-26,28,30-32,34,36-73H2,1-3H3/b23-21-,29-27-,35-33-. The van der Waals surface area contributed by atoms with Gasteiger partial charge in [0.15, 0.2) is 6.10 Å². The zero-order valence-electron chi connectivity index (χ0n) is 56.2. The van der Waals surface area contributed by atoms with Gasteiger partial charge in [-0.05, 0) is 57.8 Å². The van der Waals surface area contributed by atoms with E-state index < -0.39 is 6.10 Å². The van der Waals surface area contributed by atoms with Crippen molar-refractivity contribution in [1.82, 2.24) is 0 Å². The van der Waals surface area contributed by atoms with Gasteiger partial charge in [0.05, 0.1) is 0 Å². The maximum Gasteiger partial charge on any atom is 0.306 e. The first kappa shape index (κ1) is 80.6. The van der Waals surface area contributed by atoms with Crippen LogP contribution in [0, 0.1) is 0 Å². The fraction of sp³-hybridized carbons (Fsp3) is 0.883. The van der Waals surface area contributed by atoms with E-state index in [0.717, 1.165) is 70.6 Å². The van der Waals surface area contributed by atoms with Crippen molar-refractivity contribution in [2.45, 2.75) is 425 Å². The van der Waals surface area contributed by atoms with E-state index in [2.05, 4.69) is 57.2 Å². The Balaban J connectivity index is 4.02. The predicted octanol–water partition coefficient (Wildman–Crippen LogP) is 25.9. The fourth-order valence-corrected chi connectivity index (χ4v) is 11.5. The second-order valence-corrected chi connectivity index (χ2v) is 25.6. The topological polar surface area (TPSA) is 78.9 Å². The zero-order valence-corrected chi connectivity index (χ0v) is 56.2. The Morgan fingerprint density at radius 3 is 0.675 bits per heavy atom. The quantitative estimate of drug-likeness (QED) is 0.0261. The van der Waals surface area contributed by atoms with Crippen molar-refractivity contribution in [2.75, 3.05) is 13.2 Å². The van der Waals surface area contributed by atoms with Gasteiger partial charge in [-0.1, -0.05) is 378 Å². The molecular formula is C77H144O6. The first-order valence-electron chi connectivity index (χ1n) is 37.5. The van der Waals surface area contributed by atoms with Gasteiger partial charge in [0, 0.05) is 19.3 Å². The van der Waals surface area contributed by atoms with Crippen LogP contribution in [-0.2, 0) is 28.6 Å². The second-order valence-electron chi connectivity index (χ2n) is 25.6. The molecule has 0 fully saturated rings. The molecule has 0 N–H and O–H groups in total. The van der Waals surface area contributed by atoms with E-state index in [-0.39, 0.29) is 31.1 Å². The van der Waals surface area contributed by atoms with E-state index in [4.69, 9.17) is 14.2 Å². The molecule has 0 saturated carbocycles. The molecule has 1 atom stereocenters. The van der Waals surface area contributed by atoms with Gasteiger partial charge >= 0.3 is 17.9 Å². The van der Waals surface area contributed by atoms with E-state index in [1.807, 2.05) is 0 Å². The summed E-state index contributed by atoms with van der Waals surface area (Å²) < 4.78 is 16.9. The monoisotopic (exact) mass is 1170 g/mol. The molecule has 83 heavy (non-hydrogen) atoms. The lowest BCUT2D eigenvalue weighted by molar-refractivity contribution is -0.167. The third-order valence-electron chi connectivity index (χ3n) is 17.1. The van der Waals surface area contributed by atoms with E-state index in [1.165, 1.54) is 308 Å². The Hall–Kier alpha value is -2.37. The highest BCUT2D eigenvalue weighted by Crippen LogP contribution is 2.19. The summed E-state index contributed by atoms with van der Waals surface area (Å²) in [6.07, 6.45) is 90.8. The van der Waals surface area contributed by atoms with E-state index >= 15 is 0 Å². The SMILES string of the molecule is CCCCCCC/C=C\C/C=C\C/C=C\CCCCCCCCCCCCCCCCCCC(=O)OCC(COC(=O)CCCCCCCCCC)OC(=O)CCCCCCCCCCCCCCCCCCCCCCCCCCCC. The zero-order chi connectivity index (χ0) is 59.9. The molecule has 0 aliphatic carbocycles. The number of rotatable bonds is 70. The van der Waals surface area contributed by atoms with Crippen LogP contribution in [0.5, 0.6) is 0 Å². The number of esters is 3. The molecule has 0 bridgehead atoms. The lowest BCUT2D eigenvalue weighted by Gasteiger charge is -2.18. The minimum atomic E-state index is -0.767. The summed E-state index contributed by atoms with van der Waals surface area (Å²) in [7, 11) is 0. The van der Waals surface area contributed by atoms with Crippen LogP contribution < -0.4 is 0 Å². The molecule has 0 amide bonds. The van der Waals surface area contributed by atoms with Crippen LogP contribution in [0.3, 0.4) is 0 Å². The van der Waals surface area contributed by atoms with E-state index in [9.17, 15) is 14.4 Å². The highest BCUT2D eigenvalue weighted by atomic mass is 16.6. The van der Waals surface area contributed by atoms with E-state index in [1.54, 1.807) is 0 Å². The van der Waals surface area contributed by atoms with Crippen molar-refractivity contribution >= 4 is 17.9 Å². The number of hydrogen-bond acceptors (Lipinski definition) is 6. The van der Waals surface area contributed by atoms with Gasteiger partial charge in [0.2, 0.25) is 0 Å². The van der Waals surface area contributed by atoms with Crippen LogP contribution >= 0.6 is 0 Å². The van der Waals surface area contributed by atoms with Gasteiger partial charge in [-0.2, -0.15) is 0 Å². The highest BCUT2D eigenvalue weighted by Gasteiger charge is 2.20. The molecule has 1 unspecified atom stereocenters. The summed E-state index contributed by atoms with van der Waals surface area (Å²) in [5, 5.41) is 0. The minimum Gasteiger partial charge on any atom is -0.462 e. The smallest absolute Gasteiger partial charge is 0.306 e. The molecule has 0 saturated heterocycles. The number of hydrogen-bond donors (Lipinski definition) is 0. The molecular weight excluding hydrogens is 1020 g/mol. The fourth-order valence-electron chi connectivity index (χ4n) is 11.5. The van der Waals surface area contributed by atoms with Gasteiger partial charge in [0.1, 0.15) is 13.2 Å². The Kier molecular flexibility index (Phi) is 70.0. The first-order valence-corrected chi connectivity index (χ1v) is 37.5. The van der Waals surface area contributed by atoms with Crippen molar-refractivity contribution < 1.29 is 28.6 Å². The average Bonchev–Trinajstić information content (AvgIpc) is 3.49. The summed E-state index contributed by atoms with van der Waals surface area (Å²) in [4.78, 5) is 38.3. The largest absolute Gasteiger partial charge is 0.462 e. The average molecular weight is 1170 g/mol. The van der Waals surface area contributed by atoms with Crippen LogP contribution in [0.4, 0.5) is 0 Å². The van der Waals surface area contributed by atoms with Crippen molar-refractivity contribution in [3.05, 3.63) is 36.5 Å². The number of ether oxygens (including phenoxy) is 3. The van der Waals surface area contributed by atoms with Gasteiger partial charge in [-0.25, -0.2) is 0 Å². The van der Waals surface area contributed by atoms with Crippen molar-refractivity contribution in [1.29, 1.82) is 0 Å². The Morgan fingerprint density at radius 1 is 0.241 bits per heavy atom. The summed E-state index contributed by atoms with van der Waals surface area (Å²) in [6.45, 7) is 6.68. The predicted molar refractivity (Wildman–Crippen MR) is 362 cm³/mol. The van der Waals surface area contributed by atoms with Gasteiger partial charge in [0.25, 0.3) is 0 Å². The summed E-state index contributed by atoms with van der Waals surface area (Å²) in [5.41, 5.74) is 0. The van der Waals surface area contributed by atoms with Gasteiger partial charge < -0.3 is 14.2 Å². The van der Waals surface area contributed by atoms with Crippen LogP contribution in [-0.4, -0.2) is 37.2 Å². The molecule has 0 aromatic heterocycles. The third-order valence-corrected chi connectivity index (χ3v) is 17.1. The number of carbonyl (C=O) groups is 3.